The van der Waals surface area contributed by atoms with Crippen molar-refractivity contribution in [2.24, 2.45) is 22.2 Å². The van der Waals surface area contributed by atoms with Gasteiger partial charge in [-0.05, 0) is 42.7 Å². The number of aliphatic hydroxyl groups is 2. The Morgan fingerprint density at radius 1 is 1.24 bits per heavy atom. The van der Waals surface area contributed by atoms with Crippen molar-refractivity contribution in [3.05, 3.63) is 36.5 Å². The molecule has 2 unspecified atom stereocenters. The Morgan fingerprint density at radius 2 is 1.92 bits per heavy atom. The van der Waals surface area contributed by atoms with Crippen LogP contribution in [0.1, 0.15) is 53.4 Å². The van der Waals surface area contributed by atoms with Crippen molar-refractivity contribution in [1.82, 2.24) is 0 Å². The molecule has 3 fully saturated rings. The maximum Gasteiger partial charge on any atom is 0.124 e. The number of hydrogen-bond donors (Lipinski definition) is 2. The Labute approximate surface area is 151 Å². The molecule has 6 atom stereocenters. The molecular weight excluding hydrogens is 312 g/mol. The normalized spacial score (nSPS) is 53.7. The first-order valence-corrected chi connectivity index (χ1v) is 9.58. The zero-order valence-electron chi connectivity index (χ0n) is 16.1. The molecule has 0 spiro atoms. The van der Waals surface area contributed by atoms with Gasteiger partial charge in [0.15, 0.2) is 0 Å². The van der Waals surface area contributed by atoms with Crippen LogP contribution in [0.25, 0.3) is 0 Å². The van der Waals surface area contributed by atoms with E-state index in [9.17, 15) is 10.2 Å². The van der Waals surface area contributed by atoms with Gasteiger partial charge in [-0.25, -0.2) is 0 Å². The molecule has 2 saturated carbocycles. The van der Waals surface area contributed by atoms with Gasteiger partial charge in [-0.2, -0.15) is 0 Å². The quantitative estimate of drug-likeness (QED) is 0.712. The largest absolute Gasteiger partial charge is 0.390 e. The minimum absolute atomic E-state index is 0.0343. The third-order valence-corrected chi connectivity index (χ3v) is 8.11. The van der Waals surface area contributed by atoms with Crippen molar-refractivity contribution in [1.29, 1.82) is 0 Å². The van der Waals surface area contributed by atoms with Gasteiger partial charge in [0.25, 0.3) is 0 Å². The van der Waals surface area contributed by atoms with Crippen LogP contribution in [0.15, 0.2) is 36.5 Å². The summed E-state index contributed by atoms with van der Waals surface area (Å²) in [4.78, 5) is 0. The lowest BCUT2D eigenvalue weighted by Gasteiger charge is -2.65. The molecule has 2 bridgehead atoms. The van der Waals surface area contributed by atoms with E-state index in [0.29, 0.717) is 13.0 Å². The van der Waals surface area contributed by atoms with Crippen LogP contribution in [0.5, 0.6) is 0 Å². The minimum Gasteiger partial charge on any atom is -0.390 e. The first-order chi connectivity index (χ1) is 11.5. The monoisotopic (exact) mass is 344 g/mol. The molecule has 2 N–H and O–H groups in total. The maximum atomic E-state index is 12.1. The maximum absolute atomic E-state index is 12.1. The predicted molar refractivity (Wildman–Crippen MR) is 99.0 cm³/mol. The van der Waals surface area contributed by atoms with Gasteiger partial charge < -0.3 is 14.9 Å². The summed E-state index contributed by atoms with van der Waals surface area (Å²) in [6.07, 6.45) is 6.67. The lowest BCUT2D eigenvalue weighted by Crippen LogP contribution is -2.71. The second kappa shape index (κ2) is 4.68. The summed E-state index contributed by atoms with van der Waals surface area (Å²) in [6.45, 7) is 17.6. The van der Waals surface area contributed by atoms with E-state index in [1.54, 1.807) is 0 Å². The van der Waals surface area contributed by atoms with Crippen LogP contribution in [-0.4, -0.2) is 34.1 Å². The molecule has 0 aromatic carbocycles. The Bertz CT molecular complexity index is 691. The van der Waals surface area contributed by atoms with E-state index < -0.39 is 22.7 Å². The predicted octanol–water partition coefficient (Wildman–Crippen LogP) is 3.77. The molecule has 0 amide bonds. The molecule has 1 saturated heterocycles. The molecule has 0 aromatic heterocycles. The second-order valence-electron chi connectivity index (χ2n) is 10.1. The molecule has 1 heterocycles. The lowest BCUT2D eigenvalue weighted by atomic mass is 9.40. The molecule has 4 rings (SSSR count). The smallest absolute Gasteiger partial charge is 0.124 e. The van der Waals surface area contributed by atoms with E-state index in [0.717, 1.165) is 30.4 Å². The Kier molecular flexibility index (Phi) is 3.28. The summed E-state index contributed by atoms with van der Waals surface area (Å²) in [5.41, 5.74) is -0.887. The van der Waals surface area contributed by atoms with E-state index in [1.807, 2.05) is 6.08 Å². The molecule has 3 heteroatoms. The topological polar surface area (TPSA) is 49.7 Å². The highest BCUT2D eigenvalue weighted by atomic mass is 16.5. The van der Waals surface area contributed by atoms with Crippen LogP contribution >= 0.6 is 0 Å². The van der Waals surface area contributed by atoms with Crippen molar-refractivity contribution in [3.8, 4) is 0 Å². The molecule has 3 nitrogen and oxygen atoms in total. The number of allylic oxidation sites excluding steroid dienone is 2. The Balaban J connectivity index is 2.01. The SMILES string of the molecule is C=C[C@]1(C)C=C2C(=C)C3(C)OC[C@@]4(CCCC(C)(C)C34)[C@@]2(O)[C@H](O)C1. The van der Waals surface area contributed by atoms with E-state index in [-0.39, 0.29) is 16.7 Å². The second-order valence-corrected chi connectivity index (χ2v) is 10.1. The first kappa shape index (κ1) is 17.5. The van der Waals surface area contributed by atoms with Crippen molar-refractivity contribution in [3.63, 3.8) is 0 Å². The first-order valence-electron chi connectivity index (χ1n) is 9.58. The molecular formula is C22H32O3. The molecule has 4 aliphatic rings. The summed E-state index contributed by atoms with van der Waals surface area (Å²) in [7, 11) is 0. The van der Waals surface area contributed by atoms with Crippen LogP contribution in [0.2, 0.25) is 0 Å². The fourth-order valence-electron chi connectivity index (χ4n) is 7.04. The van der Waals surface area contributed by atoms with E-state index in [1.165, 1.54) is 0 Å². The summed E-state index contributed by atoms with van der Waals surface area (Å²) in [6, 6.07) is 0. The molecule has 1 aliphatic heterocycles. The van der Waals surface area contributed by atoms with Gasteiger partial charge >= 0.3 is 0 Å². The Morgan fingerprint density at radius 3 is 2.56 bits per heavy atom. The summed E-state index contributed by atoms with van der Waals surface area (Å²) < 4.78 is 6.42. The summed E-state index contributed by atoms with van der Waals surface area (Å²) in [5, 5.41) is 23.3. The van der Waals surface area contributed by atoms with Crippen LogP contribution in [0.4, 0.5) is 0 Å². The highest BCUT2D eigenvalue weighted by molar-refractivity contribution is 5.55. The van der Waals surface area contributed by atoms with E-state index in [4.69, 9.17) is 4.74 Å². The highest BCUT2D eigenvalue weighted by Gasteiger charge is 2.77. The molecule has 3 aliphatic carbocycles. The molecule has 138 valence electrons. The van der Waals surface area contributed by atoms with Crippen LogP contribution < -0.4 is 0 Å². The Hall–Kier alpha value is -0.900. The van der Waals surface area contributed by atoms with Gasteiger partial charge in [-0.15, -0.1) is 6.58 Å². The third-order valence-electron chi connectivity index (χ3n) is 8.11. The average molecular weight is 344 g/mol. The zero-order valence-corrected chi connectivity index (χ0v) is 16.1. The van der Waals surface area contributed by atoms with Gasteiger partial charge in [0, 0.05) is 16.7 Å². The average Bonchev–Trinajstić information content (AvgIpc) is 2.84. The van der Waals surface area contributed by atoms with Gasteiger partial charge in [0.05, 0.1) is 18.3 Å². The number of ether oxygens (including phenoxy) is 1. The summed E-state index contributed by atoms with van der Waals surface area (Å²) in [5.74, 6) is 0.152. The van der Waals surface area contributed by atoms with Crippen molar-refractivity contribution >= 4 is 0 Å². The van der Waals surface area contributed by atoms with Crippen molar-refractivity contribution < 1.29 is 14.9 Å². The van der Waals surface area contributed by atoms with E-state index in [2.05, 4.69) is 46.9 Å². The van der Waals surface area contributed by atoms with Gasteiger partial charge in [-0.1, -0.05) is 45.9 Å². The fourth-order valence-corrected chi connectivity index (χ4v) is 7.04. The number of fused-ring (bicyclic) bond motifs is 1. The van der Waals surface area contributed by atoms with Gasteiger partial charge in [-0.3, -0.25) is 0 Å². The number of rotatable bonds is 1. The molecule has 0 radical (unpaired) electrons. The van der Waals surface area contributed by atoms with Crippen LogP contribution in [-0.2, 0) is 4.74 Å². The van der Waals surface area contributed by atoms with Crippen molar-refractivity contribution in [2.75, 3.05) is 6.61 Å². The zero-order chi connectivity index (χ0) is 18.5. The fraction of sp³-hybridized carbons (Fsp3) is 0.727. The highest BCUT2D eigenvalue weighted by Crippen LogP contribution is 2.73. The number of aliphatic hydroxyl groups excluding tert-OH is 1. The number of hydrogen-bond acceptors (Lipinski definition) is 3. The van der Waals surface area contributed by atoms with Gasteiger partial charge in [0.1, 0.15) is 5.60 Å². The van der Waals surface area contributed by atoms with Crippen LogP contribution in [0.3, 0.4) is 0 Å². The lowest BCUT2D eigenvalue weighted by molar-refractivity contribution is -0.198. The van der Waals surface area contributed by atoms with Crippen molar-refractivity contribution in [2.45, 2.75) is 70.7 Å². The minimum atomic E-state index is -1.29. The summed E-state index contributed by atoms with van der Waals surface area (Å²) >= 11 is 0. The molecule has 0 aromatic rings. The van der Waals surface area contributed by atoms with E-state index >= 15 is 0 Å². The third kappa shape index (κ3) is 1.78. The molecule has 25 heavy (non-hydrogen) atoms. The van der Waals surface area contributed by atoms with Gasteiger partial charge in [0.2, 0.25) is 0 Å². The van der Waals surface area contributed by atoms with Crippen LogP contribution in [0, 0.1) is 22.2 Å². The standard InChI is InChI=1S/C22H32O3/c1-7-19(5)11-15-14(2)20(6)17-18(3,4)9-8-10-21(17,13-25-20)22(15,24)16(23)12-19/h7,11,16-17,23-24H,1-2,8-10,12-13H2,3-6H3/t16-,17?,19-,20?,21-,22+/m1/s1.